The summed E-state index contributed by atoms with van der Waals surface area (Å²) in [6.07, 6.45) is 0. The first kappa shape index (κ1) is 8.32. The number of carboxylic acid groups (broad SMARTS) is 2. The number of aromatic amines is 1. The van der Waals surface area contributed by atoms with Crippen molar-refractivity contribution in [2.75, 3.05) is 0 Å². The van der Waals surface area contributed by atoms with Crippen molar-refractivity contribution < 1.29 is 19.8 Å². The molecule has 0 fully saturated rings. The zero-order chi connectivity index (χ0) is 9.30. The van der Waals surface area contributed by atoms with E-state index in [0.29, 0.717) is 5.69 Å². The Balaban J connectivity index is 3.17. The number of hydrogen-bond acceptors (Lipinski definition) is 2. The molecule has 0 bridgehead atoms. The summed E-state index contributed by atoms with van der Waals surface area (Å²) in [5.41, 5.74) is 0.234. The van der Waals surface area contributed by atoms with Gasteiger partial charge >= 0.3 is 11.9 Å². The van der Waals surface area contributed by atoms with Crippen LogP contribution in [0, 0.1) is 6.92 Å². The van der Waals surface area contributed by atoms with Gasteiger partial charge in [-0.25, -0.2) is 9.59 Å². The number of hydrogen-bond donors (Lipinski definition) is 3. The molecule has 0 saturated heterocycles. The molecule has 1 aromatic heterocycles. The van der Waals surface area contributed by atoms with Gasteiger partial charge in [0.15, 0.2) is 0 Å². The van der Waals surface area contributed by atoms with E-state index in [4.69, 9.17) is 10.2 Å². The summed E-state index contributed by atoms with van der Waals surface area (Å²) in [7, 11) is 0. The molecule has 5 nitrogen and oxygen atoms in total. The molecule has 1 heterocycles. The molecule has 1 rings (SSSR count). The van der Waals surface area contributed by atoms with Crippen LogP contribution in [0.25, 0.3) is 0 Å². The van der Waals surface area contributed by atoms with E-state index in [1.807, 2.05) is 0 Å². The quantitative estimate of drug-likeness (QED) is 0.608. The highest BCUT2D eigenvalue weighted by molar-refractivity contribution is 5.94. The minimum Gasteiger partial charge on any atom is -0.478 e. The molecular formula is C7H7NO4. The summed E-state index contributed by atoms with van der Waals surface area (Å²) in [6, 6.07) is 1.10. The zero-order valence-corrected chi connectivity index (χ0v) is 6.29. The van der Waals surface area contributed by atoms with Crippen molar-refractivity contribution in [3.05, 3.63) is 23.0 Å². The summed E-state index contributed by atoms with van der Waals surface area (Å²) in [5.74, 6) is -2.29. The summed E-state index contributed by atoms with van der Waals surface area (Å²) in [5, 5.41) is 17.0. The van der Waals surface area contributed by atoms with Crippen molar-refractivity contribution in [3.63, 3.8) is 0 Å². The first-order valence-corrected chi connectivity index (χ1v) is 3.18. The smallest absolute Gasteiger partial charge is 0.352 e. The van der Waals surface area contributed by atoms with Crippen LogP contribution in [0.3, 0.4) is 0 Å². The molecule has 0 aliphatic rings. The van der Waals surface area contributed by atoms with Crippen LogP contribution in [0.5, 0.6) is 0 Å². The molecule has 1 aromatic rings. The minimum absolute atomic E-state index is 0.00704. The Morgan fingerprint density at radius 2 is 1.92 bits per heavy atom. The van der Waals surface area contributed by atoms with Crippen LogP contribution < -0.4 is 0 Å². The van der Waals surface area contributed by atoms with Crippen molar-refractivity contribution in [3.8, 4) is 0 Å². The van der Waals surface area contributed by atoms with Crippen LogP contribution in [0.2, 0.25) is 0 Å². The molecule has 0 amide bonds. The van der Waals surface area contributed by atoms with E-state index in [2.05, 4.69) is 4.98 Å². The van der Waals surface area contributed by atoms with E-state index in [0.717, 1.165) is 6.07 Å². The van der Waals surface area contributed by atoms with Gasteiger partial charge in [0.2, 0.25) is 0 Å². The van der Waals surface area contributed by atoms with Crippen molar-refractivity contribution in [1.29, 1.82) is 0 Å². The third-order valence-corrected chi connectivity index (χ3v) is 1.48. The molecular weight excluding hydrogens is 162 g/mol. The number of aryl methyl sites for hydroxylation is 1. The number of rotatable bonds is 2. The lowest BCUT2D eigenvalue weighted by atomic mass is 10.2. The van der Waals surface area contributed by atoms with Gasteiger partial charge in [0.25, 0.3) is 0 Å². The van der Waals surface area contributed by atoms with Crippen LogP contribution in [0.1, 0.15) is 26.5 Å². The van der Waals surface area contributed by atoms with Crippen molar-refractivity contribution in [1.82, 2.24) is 4.98 Å². The predicted octanol–water partition coefficient (Wildman–Crippen LogP) is 0.720. The largest absolute Gasteiger partial charge is 0.478 e. The highest BCUT2D eigenvalue weighted by Crippen LogP contribution is 2.09. The summed E-state index contributed by atoms with van der Waals surface area (Å²) < 4.78 is 0. The average Bonchev–Trinajstić information content (AvgIpc) is 2.30. The van der Waals surface area contributed by atoms with Gasteiger partial charge in [-0.05, 0) is 13.0 Å². The van der Waals surface area contributed by atoms with E-state index in [1.165, 1.54) is 6.92 Å². The van der Waals surface area contributed by atoms with Gasteiger partial charge in [0, 0.05) is 5.69 Å². The van der Waals surface area contributed by atoms with E-state index in [1.54, 1.807) is 0 Å². The van der Waals surface area contributed by atoms with Crippen LogP contribution in [0.4, 0.5) is 0 Å². The van der Waals surface area contributed by atoms with Gasteiger partial charge in [-0.1, -0.05) is 0 Å². The maximum Gasteiger partial charge on any atom is 0.352 e. The highest BCUT2D eigenvalue weighted by atomic mass is 16.4. The van der Waals surface area contributed by atoms with Gasteiger partial charge < -0.3 is 15.2 Å². The summed E-state index contributed by atoms with van der Waals surface area (Å²) >= 11 is 0. The molecule has 0 aliphatic carbocycles. The lowest BCUT2D eigenvalue weighted by molar-refractivity contribution is 0.0687. The van der Waals surface area contributed by atoms with Gasteiger partial charge in [0.05, 0.1) is 5.56 Å². The Morgan fingerprint density at radius 3 is 2.17 bits per heavy atom. The number of aromatic nitrogens is 1. The third-order valence-electron chi connectivity index (χ3n) is 1.48. The Kier molecular flexibility index (Phi) is 1.86. The molecule has 0 aromatic carbocycles. The van der Waals surface area contributed by atoms with E-state index in [-0.39, 0.29) is 11.3 Å². The van der Waals surface area contributed by atoms with Crippen LogP contribution in [-0.2, 0) is 0 Å². The second kappa shape index (κ2) is 2.69. The van der Waals surface area contributed by atoms with Crippen LogP contribution >= 0.6 is 0 Å². The van der Waals surface area contributed by atoms with Gasteiger partial charge in [0.1, 0.15) is 5.69 Å². The lowest BCUT2D eigenvalue weighted by Gasteiger charge is -1.87. The Labute approximate surface area is 67.6 Å². The molecule has 0 saturated carbocycles. The van der Waals surface area contributed by atoms with Gasteiger partial charge in [-0.15, -0.1) is 0 Å². The third kappa shape index (κ3) is 1.29. The number of H-pyrrole nitrogens is 1. The van der Waals surface area contributed by atoms with Crippen molar-refractivity contribution in [2.24, 2.45) is 0 Å². The Morgan fingerprint density at radius 1 is 1.33 bits per heavy atom. The molecule has 0 unspecified atom stereocenters. The fourth-order valence-electron chi connectivity index (χ4n) is 0.895. The average molecular weight is 169 g/mol. The molecule has 5 heteroatoms. The number of nitrogens with one attached hydrogen (secondary N) is 1. The Bertz CT molecular complexity index is 339. The monoisotopic (exact) mass is 169 g/mol. The van der Waals surface area contributed by atoms with Crippen LogP contribution in [-0.4, -0.2) is 27.1 Å². The lowest BCUT2D eigenvalue weighted by Crippen LogP contribution is -1.96. The fraction of sp³-hybridized carbons (Fsp3) is 0.143. The number of carbonyl (C=O) groups is 2. The highest BCUT2D eigenvalue weighted by Gasteiger charge is 2.14. The second-order valence-electron chi connectivity index (χ2n) is 2.33. The van der Waals surface area contributed by atoms with E-state index in [9.17, 15) is 9.59 Å². The molecule has 0 radical (unpaired) electrons. The molecule has 3 N–H and O–H groups in total. The molecule has 0 spiro atoms. The van der Waals surface area contributed by atoms with E-state index < -0.39 is 11.9 Å². The predicted molar refractivity (Wildman–Crippen MR) is 39.4 cm³/mol. The van der Waals surface area contributed by atoms with Crippen LogP contribution in [0.15, 0.2) is 6.07 Å². The van der Waals surface area contributed by atoms with Gasteiger partial charge in [-0.2, -0.15) is 0 Å². The Hall–Kier alpha value is -1.78. The normalized spacial score (nSPS) is 9.75. The molecule has 0 atom stereocenters. The number of aromatic carboxylic acids is 2. The SMILES string of the molecule is Cc1[nH]c(C(=O)O)cc1C(=O)O. The van der Waals surface area contributed by atoms with Gasteiger partial charge in [-0.3, -0.25) is 0 Å². The zero-order valence-electron chi connectivity index (χ0n) is 6.29. The topological polar surface area (TPSA) is 90.4 Å². The minimum atomic E-state index is -1.16. The maximum absolute atomic E-state index is 10.4. The molecule has 12 heavy (non-hydrogen) atoms. The van der Waals surface area contributed by atoms with Crippen molar-refractivity contribution >= 4 is 11.9 Å². The van der Waals surface area contributed by atoms with Crippen molar-refractivity contribution in [2.45, 2.75) is 6.92 Å². The first-order valence-electron chi connectivity index (χ1n) is 3.18. The van der Waals surface area contributed by atoms with E-state index >= 15 is 0 Å². The first-order chi connectivity index (χ1) is 5.52. The fourth-order valence-corrected chi connectivity index (χ4v) is 0.895. The second-order valence-corrected chi connectivity index (χ2v) is 2.33. The molecule has 64 valence electrons. The summed E-state index contributed by atoms with van der Waals surface area (Å²) in [6.45, 7) is 1.51. The standard InChI is InChI=1S/C7H7NO4/c1-3-4(6(9)10)2-5(8-3)7(11)12/h2,8H,1H3,(H,9,10)(H,11,12). The molecule has 0 aliphatic heterocycles. The number of carboxylic acids is 2. The maximum atomic E-state index is 10.4. The summed E-state index contributed by atoms with van der Waals surface area (Å²) in [4.78, 5) is 23.3.